The van der Waals surface area contributed by atoms with Gasteiger partial charge in [-0.3, -0.25) is 0 Å². The lowest BCUT2D eigenvalue weighted by Crippen LogP contribution is -2.19. The van der Waals surface area contributed by atoms with E-state index < -0.39 is 12.1 Å². The Hall–Kier alpha value is -3.42. The molecule has 0 aliphatic heterocycles. The van der Waals surface area contributed by atoms with Crippen molar-refractivity contribution in [3.05, 3.63) is 48.5 Å². The zero-order chi connectivity index (χ0) is 15.9. The molecule has 0 aromatic heterocycles. The van der Waals surface area contributed by atoms with Gasteiger partial charge in [0.05, 0.1) is 11.4 Å². The number of benzene rings is 2. The minimum atomic E-state index is -0.626. The molecular weight excluding hydrogens is 284 g/mol. The number of nitrogens with one attached hydrogen (secondary N) is 2. The molecule has 4 amide bonds. The van der Waals surface area contributed by atoms with Crippen molar-refractivity contribution in [2.45, 2.75) is 0 Å². The van der Waals surface area contributed by atoms with Crippen LogP contribution in [0.3, 0.4) is 0 Å². The molecule has 0 aliphatic carbocycles. The van der Waals surface area contributed by atoms with Crippen molar-refractivity contribution in [3.8, 4) is 0 Å². The quantitative estimate of drug-likeness (QED) is 0.645. The number of azo groups is 1. The molecule has 2 aromatic rings. The standard InChI is InChI=1S/C14H14N6O2/c15-13(21)17-9-1-5-11(6-2-9)19-20-12-7-3-10(4-8-12)18-14(16)22/h1-8H,(H3,15,17,21)(H3,16,18,22). The van der Waals surface area contributed by atoms with E-state index in [4.69, 9.17) is 11.5 Å². The van der Waals surface area contributed by atoms with Gasteiger partial charge in [-0.2, -0.15) is 10.2 Å². The topological polar surface area (TPSA) is 135 Å². The number of hydrogen-bond donors (Lipinski definition) is 4. The summed E-state index contributed by atoms with van der Waals surface area (Å²) >= 11 is 0. The van der Waals surface area contributed by atoms with Crippen LogP contribution in [0.1, 0.15) is 0 Å². The van der Waals surface area contributed by atoms with Crippen molar-refractivity contribution in [1.29, 1.82) is 0 Å². The van der Waals surface area contributed by atoms with Crippen LogP contribution in [0, 0.1) is 0 Å². The van der Waals surface area contributed by atoms with Crippen molar-refractivity contribution in [3.63, 3.8) is 0 Å². The largest absolute Gasteiger partial charge is 0.351 e. The van der Waals surface area contributed by atoms with E-state index in [1.807, 2.05) is 0 Å². The van der Waals surface area contributed by atoms with Gasteiger partial charge in [0, 0.05) is 11.4 Å². The average Bonchev–Trinajstić information content (AvgIpc) is 2.47. The van der Waals surface area contributed by atoms with Gasteiger partial charge in [-0.1, -0.05) is 0 Å². The fraction of sp³-hybridized carbons (Fsp3) is 0. The summed E-state index contributed by atoms with van der Waals surface area (Å²) in [6, 6.07) is 12.2. The van der Waals surface area contributed by atoms with E-state index in [0.29, 0.717) is 22.7 Å². The van der Waals surface area contributed by atoms with Crippen molar-refractivity contribution < 1.29 is 9.59 Å². The van der Waals surface area contributed by atoms with Gasteiger partial charge in [0.15, 0.2) is 0 Å². The van der Waals surface area contributed by atoms with E-state index in [0.717, 1.165) is 0 Å². The van der Waals surface area contributed by atoms with Crippen LogP contribution in [0.4, 0.5) is 32.3 Å². The highest BCUT2D eigenvalue weighted by molar-refractivity contribution is 5.88. The number of urea groups is 2. The van der Waals surface area contributed by atoms with E-state index in [1.54, 1.807) is 48.5 Å². The Labute approximate surface area is 126 Å². The summed E-state index contributed by atoms with van der Waals surface area (Å²) in [7, 11) is 0. The summed E-state index contributed by atoms with van der Waals surface area (Å²) in [5.74, 6) is 0. The zero-order valence-corrected chi connectivity index (χ0v) is 11.5. The summed E-state index contributed by atoms with van der Waals surface area (Å²) in [5.41, 5.74) is 12.4. The zero-order valence-electron chi connectivity index (χ0n) is 11.5. The molecule has 0 fully saturated rings. The minimum absolute atomic E-state index is 0.577. The van der Waals surface area contributed by atoms with Crippen LogP contribution < -0.4 is 22.1 Å². The Morgan fingerprint density at radius 3 is 1.27 bits per heavy atom. The maximum absolute atomic E-state index is 10.7. The summed E-state index contributed by atoms with van der Waals surface area (Å²) < 4.78 is 0. The van der Waals surface area contributed by atoms with Crippen LogP contribution in [0.2, 0.25) is 0 Å². The summed E-state index contributed by atoms with van der Waals surface area (Å²) in [6.45, 7) is 0. The molecule has 0 heterocycles. The number of carbonyl (C=O) groups excluding carboxylic acids is 2. The van der Waals surface area contributed by atoms with E-state index in [9.17, 15) is 9.59 Å². The third kappa shape index (κ3) is 4.60. The monoisotopic (exact) mass is 298 g/mol. The van der Waals surface area contributed by atoms with E-state index >= 15 is 0 Å². The molecule has 8 heteroatoms. The maximum atomic E-state index is 10.7. The van der Waals surface area contributed by atoms with Crippen LogP contribution in [-0.2, 0) is 0 Å². The van der Waals surface area contributed by atoms with Crippen molar-refractivity contribution in [2.75, 3.05) is 10.6 Å². The molecule has 8 nitrogen and oxygen atoms in total. The predicted octanol–water partition coefficient (Wildman–Crippen LogP) is 3.08. The highest BCUT2D eigenvalue weighted by atomic mass is 16.2. The van der Waals surface area contributed by atoms with Crippen LogP contribution in [0.15, 0.2) is 58.8 Å². The normalized spacial score (nSPS) is 10.4. The fourth-order valence-electron chi connectivity index (χ4n) is 1.62. The molecule has 0 unspecified atom stereocenters. The van der Waals surface area contributed by atoms with Gasteiger partial charge in [0.1, 0.15) is 0 Å². The summed E-state index contributed by atoms with van der Waals surface area (Å²) in [5, 5.41) is 13.0. The molecule has 0 bridgehead atoms. The Bertz CT molecular complexity index is 633. The third-order valence-corrected chi connectivity index (χ3v) is 2.55. The van der Waals surface area contributed by atoms with E-state index in [1.165, 1.54) is 0 Å². The Kier molecular flexibility index (Phi) is 4.66. The van der Waals surface area contributed by atoms with Crippen LogP contribution in [-0.4, -0.2) is 12.1 Å². The predicted molar refractivity (Wildman–Crippen MR) is 83.5 cm³/mol. The van der Waals surface area contributed by atoms with Gasteiger partial charge in [-0.05, 0) is 48.5 Å². The van der Waals surface area contributed by atoms with Gasteiger partial charge in [-0.15, -0.1) is 0 Å². The lowest BCUT2D eigenvalue weighted by atomic mass is 10.3. The summed E-state index contributed by atoms with van der Waals surface area (Å²) in [6.07, 6.45) is 0. The van der Waals surface area contributed by atoms with Crippen LogP contribution in [0.25, 0.3) is 0 Å². The van der Waals surface area contributed by atoms with Gasteiger partial charge in [-0.25, -0.2) is 9.59 Å². The fourth-order valence-corrected chi connectivity index (χ4v) is 1.62. The summed E-state index contributed by atoms with van der Waals surface area (Å²) in [4.78, 5) is 21.4. The average molecular weight is 298 g/mol. The number of carbonyl (C=O) groups is 2. The maximum Gasteiger partial charge on any atom is 0.316 e. The first kappa shape index (κ1) is 15.0. The molecular formula is C14H14N6O2. The van der Waals surface area contributed by atoms with Crippen LogP contribution >= 0.6 is 0 Å². The number of nitrogens with zero attached hydrogens (tertiary/aromatic N) is 2. The highest BCUT2D eigenvalue weighted by Gasteiger charge is 1.97. The molecule has 6 N–H and O–H groups in total. The second kappa shape index (κ2) is 6.84. The number of nitrogens with two attached hydrogens (primary N) is 2. The van der Waals surface area contributed by atoms with Crippen LogP contribution in [0.5, 0.6) is 0 Å². The lowest BCUT2D eigenvalue weighted by Gasteiger charge is -2.01. The highest BCUT2D eigenvalue weighted by Crippen LogP contribution is 2.21. The lowest BCUT2D eigenvalue weighted by molar-refractivity contribution is 0.258. The number of primary amides is 2. The molecule has 0 radical (unpaired) electrons. The molecule has 0 aliphatic rings. The third-order valence-electron chi connectivity index (χ3n) is 2.55. The molecule has 0 atom stereocenters. The van der Waals surface area contributed by atoms with Gasteiger partial charge >= 0.3 is 12.1 Å². The second-order valence-corrected chi connectivity index (χ2v) is 4.27. The molecule has 0 spiro atoms. The number of amides is 4. The van der Waals surface area contributed by atoms with E-state index in [-0.39, 0.29) is 0 Å². The van der Waals surface area contributed by atoms with Gasteiger partial charge < -0.3 is 22.1 Å². The smallest absolute Gasteiger partial charge is 0.316 e. The second-order valence-electron chi connectivity index (χ2n) is 4.27. The molecule has 0 saturated carbocycles. The Morgan fingerprint density at radius 1 is 0.682 bits per heavy atom. The SMILES string of the molecule is NC(=O)Nc1ccc(N=Nc2ccc(NC(N)=O)cc2)cc1. The number of hydrogen-bond acceptors (Lipinski definition) is 4. The molecule has 112 valence electrons. The van der Waals surface area contributed by atoms with Crippen molar-refractivity contribution in [2.24, 2.45) is 21.7 Å². The van der Waals surface area contributed by atoms with Gasteiger partial charge in [0.25, 0.3) is 0 Å². The number of rotatable bonds is 4. The van der Waals surface area contributed by atoms with Gasteiger partial charge in [0.2, 0.25) is 0 Å². The Balaban J connectivity index is 2.01. The molecule has 0 saturated heterocycles. The first-order valence-corrected chi connectivity index (χ1v) is 6.28. The first-order valence-electron chi connectivity index (χ1n) is 6.28. The van der Waals surface area contributed by atoms with Crippen molar-refractivity contribution in [1.82, 2.24) is 0 Å². The molecule has 2 aromatic carbocycles. The van der Waals surface area contributed by atoms with E-state index in [2.05, 4.69) is 20.9 Å². The Morgan fingerprint density at radius 2 is 1.00 bits per heavy atom. The molecule has 2 rings (SSSR count). The number of anilines is 2. The first-order chi connectivity index (χ1) is 10.5. The van der Waals surface area contributed by atoms with Crippen molar-refractivity contribution >= 4 is 34.8 Å². The minimum Gasteiger partial charge on any atom is -0.351 e. The molecule has 22 heavy (non-hydrogen) atoms.